The number of thioether (sulfide) groups is 1. The zero-order valence-electron chi connectivity index (χ0n) is 35.2. The topological polar surface area (TPSA) is 178 Å². The molecule has 0 spiro atoms. The van der Waals surface area contributed by atoms with Gasteiger partial charge in [-0.15, -0.1) is 5.10 Å². The average Bonchev–Trinajstić information content (AvgIpc) is 3.80. The molecule has 1 aromatic heterocycles. The number of hydrogen-bond donors (Lipinski definition) is 4. The fourth-order valence-corrected chi connectivity index (χ4v) is 9.79. The molecule has 1 aliphatic rings. The average molecular weight is 897 g/mol. The Bertz CT molecular complexity index is 2770. The zero-order valence-corrected chi connectivity index (χ0v) is 36.8. The number of phenols is 1. The summed E-state index contributed by atoms with van der Waals surface area (Å²) in [6.45, 7) is 4.08. The number of hydrogen-bond acceptors (Lipinski definition) is 11. The fraction of sp³-hybridized carbons (Fsp3) is 0.224. The molecule has 0 unspecified atom stereocenters. The van der Waals surface area contributed by atoms with Gasteiger partial charge in [0.1, 0.15) is 11.8 Å². The van der Waals surface area contributed by atoms with Crippen molar-refractivity contribution in [3.63, 3.8) is 0 Å². The minimum atomic E-state index is -3.99. The molecule has 1 aliphatic heterocycles. The highest BCUT2D eigenvalue weighted by atomic mass is 32.2. The Hall–Kier alpha value is -6.20. The minimum Gasteiger partial charge on any atom is -0.508 e. The van der Waals surface area contributed by atoms with Gasteiger partial charge in [0.2, 0.25) is 21.1 Å². The molecule has 328 valence electrons. The van der Waals surface area contributed by atoms with Gasteiger partial charge in [0.05, 0.1) is 29.4 Å². The van der Waals surface area contributed by atoms with Crippen LogP contribution in [0.5, 0.6) is 5.75 Å². The third-order valence-electron chi connectivity index (χ3n) is 11.1. The number of aliphatic hydroxyl groups excluding tert-OH is 1. The van der Waals surface area contributed by atoms with Crippen LogP contribution < -0.4 is 10.0 Å². The van der Waals surface area contributed by atoms with E-state index in [2.05, 4.69) is 32.5 Å². The van der Waals surface area contributed by atoms with E-state index >= 15 is 0 Å². The normalized spacial score (nSPS) is 18.0. The molecule has 0 saturated carbocycles. The van der Waals surface area contributed by atoms with Gasteiger partial charge in [0, 0.05) is 23.8 Å². The second-order valence-electron chi connectivity index (χ2n) is 15.7. The van der Waals surface area contributed by atoms with Crippen LogP contribution in [0.1, 0.15) is 52.7 Å². The number of carbonyl (C=O) groups is 1. The quantitative estimate of drug-likeness (QED) is 0.0702. The maximum absolute atomic E-state index is 13.8. The first-order chi connectivity index (χ1) is 31.0. The van der Waals surface area contributed by atoms with Gasteiger partial charge in [0.15, 0.2) is 6.29 Å². The van der Waals surface area contributed by atoms with Crippen LogP contribution in [0.2, 0.25) is 0 Å². The Kier molecular flexibility index (Phi) is 13.9. The number of ether oxygens (including phenoxy) is 2. The van der Waals surface area contributed by atoms with Crippen molar-refractivity contribution in [2.24, 2.45) is 5.92 Å². The number of aromatic hydroxyl groups is 1. The molecule has 0 aliphatic carbocycles. The predicted octanol–water partition coefficient (Wildman–Crippen LogP) is 7.63. The Morgan fingerprint density at radius 1 is 0.797 bits per heavy atom. The molecule has 13 nitrogen and oxygen atoms in total. The number of aryl methyl sites for hydroxylation is 1. The Morgan fingerprint density at radius 3 is 2.23 bits per heavy atom. The zero-order chi connectivity index (χ0) is 44.6. The van der Waals surface area contributed by atoms with E-state index in [1.807, 2.05) is 110 Å². The van der Waals surface area contributed by atoms with Crippen LogP contribution in [0.15, 0.2) is 162 Å². The molecule has 0 bridgehead atoms. The summed E-state index contributed by atoms with van der Waals surface area (Å²) in [6.07, 6.45) is -1.20. The third-order valence-corrected chi connectivity index (χ3v) is 13.6. The number of nitrogens with zero attached hydrogens (tertiary/aromatic N) is 4. The summed E-state index contributed by atoms with van der Waals surface area (Å²) in [6, 6.07) is 45.0. The summed E-state index contributed by atoms with van der Waals surface area (Å²) < 4.78 is 44.7. The predicted molar refractivity (Wildman–Crippen MR) is 244 cm³/mol. The van der Waals surface area contributed by atoms with Crippen molar-refractivity contribution < 1.29 is 32.9 Å². The highest BCUT2D eigenvalue weighted by Gasteiger charge is 2.39. The Morgan fingerprint density at radius 2 is 1.50 bits per heavy atom. The monoisotopic (exact) mass is 896 g/mol. The molecule has 0 radical (unpaired) electrons. The molecule has 1 fully saturated rings. The maximum Gasteiger partial charge on any atom is 0.241 e. The van der Waals surface area contributed by atoms with Crippen LogP contribution in [0, 0.1) is 12.8 Å². The van der Waals surface area contributed by atoms with Gasteiger partial charge in [-0.1, -0.05) is 127 Å². The molecular weight excluding hydrogens is 849 g/mol. The molecule has 5 atom stereocenters. The second kappa shape index (κ2) is 20.1. The van der Waals surface area contributed by atoms with Gasteiger partial charge >= 0.3 is 0 Å². The van der Waals surface area contributed by atoms with Gasteiger partial charge in [-0.3, -0.25) is 4.79 Å². The van der Waals surface area contributed by atoms with E-state index in [1.165, 1.54) is 23.9 Å². The lowest BCUT2D eigenvalue weighted by Crippen LogP contribution is -2.47. The number of phenolic OH excluding ortho intramolecular Hbond substituents is 1. The Balaban J connectivity index is 0.996. The summed E-state index contributed by atoms with van der Waals surface area (Å²) in [5.41, 5.74) is 7.68. The van der Waals surface area contributed by atoms with E-state index in [0.29, 0.717) is 16.6 Å². The van der Waals surface area contributed by atoms with Crippen molar-refractivity contribution in [2.45, 2.75) is 68.0 Å². The number of rotatable bonds is 16. The molecule has 1 amide bonds. The number of sulfonamides is 1. The first kappa shape index (κ1) is 44.4. The second-order valence-corrected chi connectivity index (χ2v) is 18.4. The van der Waals surface area contributed by atoms with Crippen molar-refractivity contribution in [2.75, 3.05) is 5.75 Å². The fourth-order valence-electron chi connectivity index (χ4n) is 7.54. The van der Waals surface area contributed by atoms with Crippen molar-refractivity contribution in [3.8, 4) is 22.6 Å². The molecule has 15 heteroatoms. The van der Waals surface area contributed by atoms with Crippen molar-refractivity contribution in [3.05, 3.63) is 185 Å². The number of benzene rings is 6. The SMILES string of the molecule is Cc1ccc(S(=O)(=O)N[C@H](Cc2ccccc2)C(=O)NCc2cccc(-c3cccc([C@H]4O[C@@H](CSc5nnnn5-c5ccc(O)cc5)[C@@H](C)[C@@H](c5ccc(CO)cc5)O4)c3)c2)cc1. The standard InChI is InChI=1S/C49H48N6O7S2/c1-32-14-24-43(25-15-32)64(59,60)52-44(27-34-8-4-3-5-9-34)47(58)50-29-36-10-6-11-38(26-36)39-12-7-13-40(28-39)48-61-45(33(2)46(62-48)37-18-16-35(30-56)17-19-37)31-63-49-51-53-54-55(49)41-20-22-42(57)23-21-41/h3-26,28,33,44-46,48,52,56-57H,27,29-31H2,1-2H3,(H,50,58)/t33-,44-,45+,46+,48+/m1/s1. The lowest BCUT2D eigenvalue weighted by atomic mass is 9.91. The first-order valence-corrected chi connectivity index (χ1v) is 23.3. The molecule has 1 saturated heterocycles. The Labute approximate surface area is 376 Å². The van der Waals surface area contributed by atoms with Gasteiger partial charge in [0.25, 0.3) is 0 Å². The van der Waals surface area contributed by atoms with Gasteiger partial charge in [-0.25, -0.2) is 8.42 Å². The van der Waals surface area contributed by atoms with Gasteiger partial charge < -0.3 is 25.0 Å². The number of aliphatic hydroxyl groups is 1. The smallest absolute Gasteiger partial charge is 0.241 e. The van der Waals surface area contributed by atoms with Crippen molar-refractivity contribution in [1.82, 2.24) is 30.2 Å². The number of carbonyl (C=O) groups excluding carboxylic acids is 1. The summed E-state index contributed by atoms with van der Waals surface area (Å²) in [5.74, 6) is 0.130. The highest BCUT2D eigenvalue weighted by molar-refractivity contribution is 7.99. The number of tetrazole rings is 1. The molecule has 2 heterocycles. The molecule has 4 N–H and O–H groups in total. The van der Waals surface area contributed by atoms with Crippen LogP contribution in [0.4, 0.5) is 0 Å². The van der Waals surface area contributed by atoms with Crippen molar-refractivity contribution >= 4 is 27.7 Å². The van der Waals surface area contributed by atoms with E-state index in [9.17, 15) is 23.4 Å². The minimum absolute atomic E-state index is 0.0622. The number of nitrogens with one attached hydrogen (secondary N) is 2. The van der Waals surface area contributed by atoms with E-state index in [1.54, 1.807) is 41.1 Å². The molecule has 6 aromatic carbocycles. The van der Waals surface area contributed by atoms with E-state index in [0.717, 1.165) is 44.5 Å². The van der Waals surface area contributed by atoms with Crippen LogP contribution >= 0.6 is 11.8 Å². The maximum atomic E-state index is 13.8. The third kappa shape index (κ3) is 10.8. The van der Waals surface area contributed by atoms with Crippen LogP contribution in [-0.2, 0) is 43.9 Å². The van der Waals surface area contributed by atoms with Gasteiger partial charge in [-0.2, -0.15) is 9.40 Å². The lowest BCUT2D eigenvalue weighted by Gasteiger charge is -2.41. The van der Waals surface area contributed by atoms with E-state index in [4.69, 9.17) is 9.47 Å². The van der Waals surface area contributed by atoms with Crippen LogP contribution in [0.25, 0.3) is 16.8 Å². The van der Waals surface area contributed by atoms with Crippen LogP contribution in [-0.4, -0.2) is 62.6 Å². The van der Waals surface area contributed by atoms with Gasteiger partial charge in [-0.05, 0) is 106 Å². The van der Waals surface area contributed by atoms with Crippen LogP contribution in [0.3, 0.4) is 0 Å². The number of amides is 1. The summed E-state index contributed by atoms with van der Waals surface area (Å²) >= 11 is 1.46. The summed E-state index contributed by atoms with van der Waals surface area (Å²) in [4.78, 5) is 13.9. The van der Waals surface area contributed by atoms with Crippen molar-refractivity contribution in [1.29, 1.82) is 0 Å². The number of aromatic nitrogens is 4. The first-order valence-electron chi connectivity index (χ1n) is 20.8. The van der Waals surface area contributed by atoms with E-state index in [-0.39, 0.29) is 48.3 Å². The largest absolute Gasteiger partial charge is 0.508 e. The molecule has 7 aromatic rings. The molecular formula is C49H48N6O7S2. The summed E-state index contributed by atoms with van der Waals surface area (Å²) in [7, 11) is -3.99. The molecule has 8 rings (SSSR count). The molecule has 64 heavy (non-hydrogen) atoms. The van der Waals surface area contributed by atoms with E-state index < -0.39 is 28.3 Å². The summed E-state index contributed by atoms with van der Waals surface area (Å²) in [5, 5.41) is 35.4. The lowest BCUT2D eigenvalue weighted by molar-refractivity contribution is -0.268. The highest BCUT2D eigenvalue weighted by Crippen LogP contribution is 2.43.